The highest BCUT2D eigenvalue weighted by atomic mass is 15.1. The van der Waals surface area contributed by atoms with Crippen LogP contribution in [0.25, 0.3) is 38.9 Å². The molecule has 0 unspecified atom stereocenters. The van der Waals surface area contributed by atoms with Gasteiger partial charge in [0, 0.05) is 58.8 Å². The second-order valence-electron chi connectivity index (χ2n) is 12.1. The van der Waals surface area contributed by atoms with Crippen molar-refractivity contribution in [3.63, 3.8) is 0 Å². The molecule has 8 nitrogen and oxygen atoms in total. The zero-order valence-electron chi connectivity index (χ0n) is 23.9. The lowest BCUT2D eigenvalue weighted by molar-refractivity contribution is 0.236. The molecule has 0 radical (unpaired) electrons. The van der Waals surface area contributed by atoms with Crippen molar-refractivity contribution < 1.29 is 0 Å². The Labute approximate surface area is 235 Å². The molecular weight excluding hydrogens is 496 g/mol. The lowest BCUT2D eigenvalue weighted by Gasteiger charge is -2.40. The van der Waals surface area contributed by atoms with E-state index in [4.69, 9.17) is 9.97 Å². The number of nitrogens with one attached hydrogen (secondary N) is 3. The number of allylic oxidation sites excluding steroid dienone is 3. The van der Waals surface area contributed by atoms with E-state index < -0.39 is 0 Å². The summed E-state index contributed by atoms with van der Waals surface area (Å²) in [5.74, 6) is 2.10. The van der Waals surface area contributed by atoms with Crippen LogP contribution in [0.15, 0.2) is 53.6 Å². The summed E-state index contributed by atoms with van der Waals surface area (Å²) in [6.45, 7) is 14.4. The molecule has 206 valence electrons. The minimum atomic E-state index is 0.0890. The fourth-order valence-electron chi connectivity index (χ4n) is 5.94. The van der Waals surface area contributed by atoms with Crippen LogP contribution in [0.2, 0.25) is 0 Å². The summed E-state index contributed by atoms with van der Waals surface area (Å²) in [5.41, 5.74) is 6.99. The maximum atomic E-state index is 5.25. The Kier molecular flexibility index (Phi) is 6.96. The van der Waals surface area contributed by atoms with Crippen LogP contribution in [0.4, 0.5) is 5.82 Å². The largest absolute Gasteiger partial charge is 0.366 e. The van der Waals surface area contributed by atoms with Crippen molar-refractivity contribution in [3.05, 3.63) is 59.8 Å². The maximum absolute atomic E-state index is 5.25. The molecule has 2 fully saturated rings. The number of H-pyrrole nitrogens is 1. The van der Waals surface area contributed by atoms with E-state index in [-0.39, 0.29) is 5.41 Å². The third-order valence-corrected chi connectivity index (χ3v) is 8.38. The number of fused-ring (bicyclic) bond motifs is 2. The number of rotatable bonds is 7. The predicted octanol–water partition coefficient (Wildman–Crippen LogP) is 6.64. The van der Waals surface area contributed by atoms with Crippen LogP contribution < -0.4 is 10.6 Å². The van der Waals surface area contributed by atoms with Gasteiger partial charge in [-0.15, -0.1) is 0 Å². The minimum Gasteiger partial charge on any atom is -0.366 e. The highest BCUT2D eigenvalue weighted by Gasteiger charge is 2.34. The van der Waals surface area contributed by atoms with Crippen molar-refractivity contribution in [1.82, 2.24) is 30.2 Å². The number of anilines is 1. The predicted molar refractivity (Wildman–Crippen MR) is 165 cm³/mol. The van der Waals surface area contributed by atoms with Crippen molar-refractivity contribution in [2.75, 3.05) is 18.4 Å². The molecular formula is C32H38N8. The standard InChI is InChI=1S/C32H38N8/c1-19(2)13-21(15-33-5)25-14-23-22(9-12-36-29(23)37-25)30-38-26-17-35-16-24(20-7-6-8-20)28(26)31(40-30)39-27-10-11-34-18-32(27,3)4/h9,12-17,20,27,34H,5-8,10-11,18H2,1-4H3,(H,36,37)(H,38,39,40)/b21-15+/t27-/m0/s1. The molecule has 0 spiro atoms. The van der Waals surface area contributed by atoms with Gasteiger partial charge in [-0.1, -0.05) is 31.9 Å². The Morgan fingerprint density at radius 3 is 2.75 bits per heavy atom. The summed E-state index contributed by atoms with van der Waals surface area (Å²) < 4.78 is 0. The van der Waals surface area contributed by atoms with Crippen LogP contribution in [0.5, 0.6) is 0 Å². The van der Waals surface area contributed by atoms with Gasteiger partial charge in [0.15, 0.2) is 5.82 Å². The molecule has 2 aliphatic rings. The molecule has 0 aromatic carbocycles. The van der Waals surface area contributed by atoms with E-state index in [0.29, 0.717) is 17.8 Å². The van der Waals surface area contributed by atoms with Crippen molar-refractivity contribution in [2.45, 2.75) is 65.3 Å². The van der Waals surface area contributed by atoms with E-state index in [2.05, 4.69) is 77.1 Å². The smallest absolute Gasteiger partial charge is 0.163 e. The number of aromatic nitrogens is 5. The Bertz CT molecular complexity index is 1640. The zero-order valence-corrected chi connectivity index (χ0v) is 23.9. The molecule has 6 rings (SSSR count). The summed E-state index contributed by atoms with van der Waals surface area (Å²) in [6.07, 6.45) is 14.3. The number of pyridine rings is 2. The molecule has 1 saturated heterocycles. The second kappa shape index (κ2) is 10.6. The summed E-state index contributed by atoms with van der Waals surface area (Å²) in [6, 6.07) is 4.40. The summed E-state index contributed by atoms with van der Waals surface area (Å²) in [5, 5.41) is 9.53. The van der Waals surface area contributed by atoms with Crippen molar-refractivity contribution in [3.8, 4) is 11.4 Å². The number of hydrogen-bond donors (Lipinski definition) is 3. The lowest BCUT2D eigenvalue weighted by Crippen LogP contribution is -2.49. The molecule has 1 aliphatic carbocycles. The van der Waals surface area contributed by atoms with Gasteiger partial charge in [0.25, 0.3) is 0 Å². The van der Waals surface area contributed by atoms with Gasteiger partial charge < -0.3 is 15.6 Å². The number of nitrogens with zero attached hydrogens (tertiary/aromatic N) is 5. The maximum Gasteiger partial charge on any atom is 0.163 e. The molecule has 4 aromatic heterocycles. The Morgan fingerprint density at radius 2 is 2.02 bits per heavy atom. The van der Waals surface area contributed by atoms with E-state index in [1.165, 1.54) is 30.4 Å². The van der Waals surface area contributed by atoms with Crippen LogP contribution in [0, 0.1) is 5.41 Å². The average molecular weight is 535 g/mol. The van der Waals surface area contributed by atoms with E-state index in [9.17, 15) is 0 Å². The molecule has 0 bridgehead atoms. The number of piperidine rings is 1. The molecule has 8 heteroatoms. The van der Waals surface area contributed by atoms with E-state index >= 15 is 0 Å². The van der Waals surface area contributed by atoms with Crippen LogP contribution in [-0.4, -0.2) is 50.8 Å². The fourth-order valence-corrected chi connectivity index (χ4v) is 5.94. The minimum absolute atomic E-state index is 0.0890. The van der Waals surface area contributed by atoms with Crippen LogP contribution in [0.1, 0.15) is 70.6 Å². The van der Waals surface area contributed by atoms with Crippen molar-refractivity contribution >= 4 is 40.0 Å². The molecule has 0 amide bonds. The summed E-state index contributed by atoms with van der Waals surface area (Å²) in [4.78, 5) is 27.1. The molecule has 1 atom stereocenters. The monoisotopic (exact) mass is 534 g/mol. The van der Waals surface area contributed by atoms with Gasteiger partial charge in [-0.25, -0.2) is 15.0 Å². The normalized spacial score (nSPS) is 19.4. The summed E-state index contributed by atoms with van der Waals surface area (Å²) in [7, 11) is 0. The second-order valence-corrected chi connectivity index (χ2v) is 12.1. The third-order valence-electron chi connectivity index (χ3n) is 8.38. The first-order chi connectivity index (χ1) is 19.3. The average Bonchev–Trinajstić information content (AvgIpc) is 3.33. The zero-order chi connectivity index (χ0) is 27.9. The first-order valence-electron chi connectivity index (χ1n) is 14.3. The fraction of sp³-hybridized carbons (Fsp3) is 0.406. The van der Waals surface area contributed by atoms with Gasteiger partial charge in [-0.05, 0) is 75.4 Å². The van der Waals surface area contributed by atoms with Crippen LogP contribution >= 0.6 is 0 Å². The van der Waals surface area contributed by atoms with Gasteiger partial charge >= 0.3 is 0 Å². The summed E-state index contributed by atoms with van der Waals surface area (Å²) >= 11 is 0. The molecule has 3 N–H and O–H groups in total. The molecule has 4 aromatic rings. The SMILES string of the molecule is C=N/C=C(\C=C(C)C)c1cc2c(-c3nc(N[C@H]4CCNCC4(C)C)c4c(C5CCC5)cncc4n3)ccnc2[nH]1. The first kappa shape index (κ1) is 26.3. The van der Waals surface area contributed by atoms with Gasteiger partial charge in [0.2, 0.25) is 0 Å². The first-order valence-corrected chi connectivity index (χ1v) is 14.3. The van der Waals surface area contributed by atoms with Gasteiger partial charge in [0.05, 0.1) is 11.7 Å². The van der Waals surface area contributed by atoms with E-state index in [1.54, 1.807) is 6.20 Å². The molecule has 40 heavy (non-hydrogen) atoms. The highest BCUT2D eigenvalue weighted by molar-refractivity contribution is 5.98. The van der Waals surface area contributed by atoms with Crippen LogP contribution in [-0.2, 0) is 0 Å². The Morgan fingerprint density at radius 1 is 1.18 bits per heavy atom. The number of aliphatic imine (C=N–C) groups is 1. The van der Waals surface area contributed by atoms with E-state index in [0.717, 1.165) is 64.1 Å². The molecule has 1 aliphatic heterocycles. The Balaban J connectivity index is 1.52. The quantitative estimate of drug-likeness (QED) is 0.181. The lowest BCUT2D eigenvalue weighted by atomic mass is 9.78. The Hall–Kier alpha value is -3.91. The topological polar surface area (TPSA) is 104 Å². The number of aromatic amines is 1. The third kappa shape index (κ3) is 4.92. The molecule has 5 heterocycles. The van der Waals surface area contributed by atoms with Gasteiger partial charge in [-0.2, -0.15) is 0 Å². The van der Waals surface area contributed by atoms with Gasteiger partial charge in [0.1, 0.15) is 11.5 Å². The molecule has 1 saturated carbocycles. The van der Waals surface area contributed by atoms with E-state index in [1.807, 2.05) is 24.7 Å². The van der Waals surface area contributed by atoms with Crippen molar-refractivity contribution in [2.24, 2.45) is 10.4 Å². The van der Waals surface area contributed by atoms with Gasteiger partial charge in [-0.3, -0.25) is 9.98 Å². The highest BCUT2D eigenvalue weighted by Crippen LogP contribution is 2.42. The van der Waals surface area contributed by atoms with Crippen LogP contribution in [0.3, 0.4) is 0 Å². The number of hydrogen-bond acceptors (Lipinski definition) is 7. The van der Waals surface area contributed by atoms with Crippen molar-refractivity contribution in [1.29, 1.82) is 0 Å².